The summed E-state index contributed by atoms with van der Waals surface area (Å²) in [5.41, 5.74) is 1.02. The summed E-state index contributed by atoms with van der Waals surface area (Å²) in [5.74, 6) is -1.11. The lowest BCUT2D eigenvalue weighted by Crippen LogP contribution is -2.16. The van der Waals surface area contributed by atoms with Crippen LogP contribution in [0.3, 0.4) is 0 Å². The van der Waals surface area contributed by atoms with Crippen LogP contribution >= 0.6 is 11.6 Å². The van der Waals surface area contributed by atoms with Crippen LogP contribution in [0, 0.1) is 11.6 Å². The van der Waals surface area contributed by atoms with E-state index in [1.165, 1.54) is 22.9 Å². The van der Waals surface area contributed by atoms with Crippen LogP contribution < -0.4 is 5.32 Å². The summed E-state index contributed by atoms with van der Waals surface area (Å²) in [6.45, 7) is 5.94. The largest absolute Gasteiger partial charge is 0.306 e. The summed E-state index contributed by atoms with van der Waals surface area (Å²) in [6, 6.07) is 11.1. The normalized spacial score (nSPS) is 11.5. The highest BCUT2D eigenvalue weighted by Gasteiger charge is 2.22. The number of hydrogen-bond donors (Lipinski definition) is 1. The number of nitrogens with one attached hydrogen (secondary N) is 1. The lowest BCUT2D eigenvalue weighted by Gasteiger charge is -2.14. The molecule has 0 saturated carbocycles. The van der Waals surface area contributed by atoms with Gasteiger partial charge in [0.25, 0.3) is 5.91 Å². The first-order valence-electron chi connectivity index (χ1n) is 8.28. The lowest BCUT2D eigenvalue weighted by atomic mass is 9.92. The van der Waals surface area contributed by atoms with Gasteiger partial charge < -0.3 is 5.32 Å². The van der Waals surface area contributed by atoms with Crippen LogP contribution in [0.4, 0.5) is 14.6 Å². The number of amides is 1. The first-order valence-corrected chi connectivity index (χ1v) is 8.66. The zero-order valence-electron chi connectivity index (χ0n) is 15.1. The van der Waals surface area contributed by atoms with Crippen molar-refractivity contribution in [3.8, 4) is 5.69 Å². The van der Waals surface area contributed by atoms with Gasteiger partial charge in [-0.15, -0.1) is 0 Å². The third kappa shape index (κ3) is 4.17. The van der Waals surface area contributed by atoms with Gasteiger partial charge >= 0.3 is 0 Å². The summed E-state index contributed by atoms with van der Waals surface area (Å²) in [7, 11) is 0. The maximum atomic E-state index is 13.7. The van der Waals surface area contributed by atoms with E-state index in [-0.39, 0.29) is 16.0 Å². The molecule has 140 valence electrons. The monoisotopic (exact) mass is 389 g/mol. The molecule has 3 rings (SSSR count). The van der Waals surface area contributed by atoms with Crippen molar-refractivity contribution in [1.82, 2.24) is 9.78 Å². The fourth-order valence-electron chi connectivity index (χ4n) is 2.50. The Hall–Kier alpha value is -2.73. The molecule has 7 heteroatoms. The van der Waals surface area contributed by atoms with Crippen molar-refractivity contribution in [2.45, 2.75) is 26.2 Å². The molecule has 0 aliphatic carbocycles. The predicted octanol–water partition coefficient (Wildman–Crippen LogP) is 5.35. The van der Waals surface area contributed by atoms with Gasteiger partial charge in [0.2, 0.25) is 0 Å². The smallest absolute Gasteiger partial charge is 0.258 e. The highest BCUT2D eigenvalue weighted by Crippen LogP contribution is 2.27. The molecule has 0 aliphatic rings. The molecule has 0 spiro atoms. The molecule has 2 aromatic carbocycles. The molecular weight excluding hydrogens is 372 g/mol. The molecule has 1 aromatic heterocycles. The molecule has 0 bridgehead atoms. The summed E-state index contributed by atoms with van der Waals surface area (Å²) in [6.07, 6.45) is 0. The van der Waals surface area contributed by atoms with Crippen molar-refractivity contribution in [3.05, 3.63) is 76.4 Å². The Morgan fingerprint density at radius 1 is 1.07 bits per heavy atom. The molecular formula is C20H18ClF2N3O. The number of rotatable bonds is 3. The molecule has 0 fully saturated rings. The molecule has 4 nitrogen and oxygen atoms in total. The van der Waals surface area contributed by atoms with E-state index in [0.29, 0.717) is 17.2 Å². The van der Waals surface area contributed by atoms with Crippen molar-refractivity contribution in [2.75, 3.05) is 5.32 Å². The van der Waals surface area contributed by atoms with E-state index in [1.807, 2.05) is 20.8 Å². The molecule has 0 aliphatic heterocycles. The van der Waals surface area contributed by atoms with Crippen LogP contribution in [-0.2, 0) is 5.41 Å². The molecule has 0 radical (unpaired) electrons. The third-order valence-corrected chi connectivity index (χ3v) is 4.26. The summed E-state index contributed by atoms with van der Waals surface area (Å²) in [4.78, 5) is 12.6. The van der Waals surface area contributed by atoms with Gasteiger partial charge in [-0.1, -0.05) is 38.4 Å². The topological polar surface area (TPSA) is 46.9 Å². The number of benzene rings is 2. The molecule has 1 amide bonds. The zero-order valence-corrected chi connectivity index (χ0v) is 15.8. The SMILES string of the molecule is CC(C)(C)c1cc(NC(=O)c2ccc(F)cc2Cl)n(-c2cccc(F)c2)n1. The highest BCUT2D eigenvalue weighted by molar-refractivity contribution is 6.34. The molecule has 1 N–H and O–H groups in total. The van der Waals surface area contributed by atoms with Gasteiger partial charge in [-0.05, 0) is 36.4 Å². The second kappa shape index (κ2) is 7.12. The average molecular weight is 390 g/mol. The van der Waals surface area contributed by atoms with Gasteiger partial charge in [-0.3, -0.25) is 4.79 Å². The van der Waals surface area contributed by atoms with Crippen molar-refractivity contribution in [1.29, 1.82) is 0 Å². The van der Waals surface area contributed by atoms with E-state index in [9.17, 15) is 13.6 Å². The van der Waals surface area contributed by atoms with Crippen molar-refractivity contribution < 1.29 is 13.6 Å². The summed E-state index contributed by atoms with van der Waals surface area (Å²) in [5, 5.41) is 7.25. The molecule has 27 heavy (non-hydrogen) atoms. The third-order valence-electron chi connectivity index (χ3n) is 3.95. The number of carbonyl (C=O) groups excluding carboxylic acids is 1. The number of carbonyl (C=O) groups is 1. The van der Waals surface area contributed by atoms with Crippen molar-refractivity contribution in [3.63, 3.8) is 0 Å². The molecule has 1 heterocycles. The van der Waals surface area contributed by atoms with E-state index in [0.717, 1.165) is 12.1 Å². The van der Waals surface area contributed by atoms with Crippen molar-refractivity contribution >= 4 is 23.3 Å². The Kier molecular flexibility index (Phi) is 5.02. The quantitative estimate of drug-likeness (QED) is 0.656. The predicted molar refractivity (Wildman–Crippen MR) is 102 cm³/mol. The number of halogens is 3. The van der Waals surface area contributed by atoms with Crippen LogP contribution in [0.15, 0.2) is 48.5 Å². The first kappa shape index (κ1) is 19.0. The van der Waals surface area contributed by atoms with Gasteiger partial charge in [-0.2, -0.15) is 5.10 Å². The Labute approximate surface area is 160 Å². The fraction of sp³-hybridized carbons (Fsp3) is 0.200. The number of anilines is 1. The highest BCUT2D eigenvalue weighted by atomic mass is 35.5. The van der Waals surface area contributed by atoms with E-state index >= 15 is 0 Å². The van der Waals surface area contributed by atoms with Crippen molar-refractivity contribution in [2.24, 2.45) is 0 Å². The van der Waals surface area contributed by atoms with Crippen LogP contribution in [0.1, 0.15) is 36.8 Å². The van der Waals surface area contributed by atoms with E-state index in [2.05, 4.69) is 10.4 Å². The first-order chi connectivity index (χ1) is 12.6. The van der Waals surface area contributed by atoms with Gasteiger partial charge in [0, 0.05) is 11.5 Å². The van der Waals surface area contributed by atoms with Crippen LogP contribution in [0.2, 0.25) is 5.02 Å². The van der Waals surface area contributed by atoms with Crippen LogP contribution in [0.5, 0.6) is 0 Å². The van der Waals surface area contributed by atoms with E-state index in [1.54, 1.807) is 18.2 Å². The summed E-state index contributed by atoms with van der Waals surface area (Å²) < 4.78 is 28.3. The van der Waals surface area contributed by atoms with Gasteiger partial charge in [0.15, 0.2) is 0 Å². The molecule has 0 unspecified atom stereocenters. The lowest BCUT2D eigenvalue weighted by molar-refractivity contribution is 0.102. The maximum Gasteiger partial charge on any atom is 0.258 e. The maximum absolute atomic E-state index is 13.7. The van der Waals surface area contributed by atoms with Gasteiger partial charge in [-0.25, -0.2) is 13.5 Å². The molecule has 0 saturated heterocycles. The molecule has 0 atom stereocenters. The van der Waals surface area contributed by atoms with E-state index < -0.39 is 17.5 Å². The van der Waals surface area contributed by atoms with Gasteiger partial charge in [0.05, 0.1) is 22.0 Å². The minimum absolute atomic E-state index is 0.000339. The fourth-order valence-corrected chi connectivity index (χ4v) is 2.75. The Balaban J connectivity index is 2.03. The summed E-state index contributed by atoms with van der Waals surface area (Å²) >= 11 is 5.97. The zero-order chi connectivity index (χ0) is 19.8. The Morgan fingerprint density at radius 2 is 1.78 bits per heavy atom. The van der Waals surface area contributed by atoms with Crippen LogP contribution in [0.25, 0.3) is 5.69 Å². The second-order valence-electron chi connectivity index (χ2n) is 7.13. The van der Waals surface area contributed by atoms with Crippen LogP contribution in [-0.4, -0.2) is 15.7 Å². The van der Waals surface area contributed by atoms with E-state index in [4.69, 9.17) is 11.6 Å². The minimum Gasteiger partial charge on any atom is -0.306 e. The minimum atomic E-state index is -0.531. The molecule has 3 aromatic rings. The number of hydrogen-bond acceptors (Lipinski definition) is 2. The average Bonchev–Trinajstić information content (AvgIpc) is 2.98. The Morgan fingerprint density at radius 3 is 2.41 bits per heavy atom. The Bertz CT molecular complexity index is 1010. The number of aromatic nitrogens is 2. The van der Waals surface area contributed by atoms with Gasteiger partial charge in [0.1, 0.15) is 17.5 Å². The second-order valence-corrected chi connectivity index (χ2v) is 7.54. The standard InChI is InChI=1S/C20H18ClF2N3O/c1-20(2,3)17-11-18(26(25-17)14-6-4-5-12(22)9-14)24-19(27)15-8-7-13(23)10-16(15)21/h4-11H,1-3H3,(H,24,27). The number of nitrogens with zero attached hydrogens (tertiary/aromatic N) is 2.